The van der Waals surface area contributed by atoms with E-state index in [1.54, 1.807) is 41.5 Å². The third-order valence-corrected chi connectivity index (χ3v) is 3.59. The molecule has 2 aromatic heterocycles. The van der Waals surface area contributed by atoms with Crippen LogP contribution in [0.25, 0.3) is 5.82 Å². The smallest absolute Gasteiger partial charge is 0.251 e. The number of halogens is 2. The molecule has 0 unspecified atom stereocenters. The molecule has 3 rings (SSSR count). The number of nitrogens with one attached hydrogen (secondary N) is 1. The predicted octanol–water partition coefficient (Wildman–Crippen LogP) is 3.50. The predicted molar refractivity (Wildman–Crippen MR) is 89.0 cm³/mol. The van der Waals surface area contributed by atoms with Crippen molar-refractivity contribution in [2.75, 3.05) is 0 Å². The summed E-state index contributed by atoms with van der Waals surface area (Å²) < 4.78 is 1.80. The zero-order valence-electron chi connectivity index (χ0n) is 11.9. The number of imidazole rings is 1. The van der Waals surface area contributed by atoms with Gasteiger partial charge in [0.25, 0.3) is 5.91 Å². The number of benzene rings is 1. The molecule has 1 aromatic carbocycles. The van der Waals surface area contributed by atoms with Crippen LogP contribution in [-0.4, -0.2) is 20.4 Å². The first-order valence-electron chi connectivity index (χ1n) is 6.79. The maximum absolute atomic E-state index is 12.1. The van der Waals surface area contributed by atoms with Gasteiger partial charge in [-0.2, -0.15) is 0 Å². The Morgan fingerprint density at radius 1 is 1.17 bits per heavy atom. The second kappa shape index (κ2) is 6.81. The zero-order chi connectivity index (χ0) is 16.2. The van der Waals surface area contributed by atoms with Gasteiger partial charge in [-0.1, -0.05) is 29.3 Å². The Bertz CT molecular complexity index is 796. The van der Waals surface area contributed by atoms with Crippen molar-refractivity contribution < 1.29 is 4.79 Å². The fourth-order valence-corrected chi connectivity index (χ4v) is 2.56. The average Bonchev–Trinajstić information content (AvgIpc) is 3.06. The van der Waals surface area contributed by atoms with Crippen molar-refractivity contribution >= 4 is 29.1 Å². The lowest BCUT2D eigenvalue weighted by Crippen LogP contribution is -2.22. The Labute approximate surface area is 142 Å². The van der Waals surface area contributed by atoms with E-state index in [9.17, 15) is 4.79 Å². The van der Waals surface area contributed by atoms with Gasteiger partial charge < -0.3 is 5.32 Å². The molecular weight excluding hydrogens is 335 g/mol. The topological polar surface area (TPSA) is 59.8 Å². The first-order chi connectivity index (χ1) is 11.1. The molecule has 0 aliphatic rings. The number of hydrogen-bond donors (Lipinski definition) is 1. The number of carbonyl (C=O) groups is 1. The normalized spacial score (nSPS) is 10.5. The molecule has 0 spiro atoms. The van der Waals surface area contributed by atoms with Gasteiger partial charge >= 0.3 is 0 Å². The summed E-state index contributed by atoms with van der Waals surface area (Å²) in [4.78, 5) is 20.4. The Hall–Kier alpha value is -2.37. The van der Waals surface area contributed by atoms with Crippen molar-refractivity contribution in [3.05, 3.63) is 76.4 Å². The first kappa shape index (κ1) is 15.5. The standard InChI is InChI=1S/C16H12Cl2N4O/c17-13-5-12(6-14(18)7-13)16(23)21-9-11-1-2-15(20-8-11)22-4-3-19-10-22/h1-8,10H,9H2,(H,21,23). The molecule has 0 atom stereocenters. The lowest BCUT2D eigenvalue weighted by atomic mass is 10.2. The number of rotatable bonds is 4. The summed E-state index contributed by atoms with van der Waals surface area (Å²) in [5, 5.41) is 3.66. The third-order valence-electron chi connectivity index (χ3n) is 3.16. The summed E-state index contributed by atoms with van der Waals surface area (Å²) in [5.74, 6) is 0.521. The molecule has 1 N–H and O–H groups in total. The van der Waals surface area contributed by atoms with E-state index in [2.05, 4.69) is 15.3 Å². The molecule has 116 valence electrons. The highest BCUT2D eigenvalue weighted by molar-refractivity contribution is 6.35. The number of hydrogen-bond acceptors (Lipinski definition) is 3. The van der Waals surface area contributed by atoms with Crippen LogP contribution < -0.4 is 5.32 Å². The molecule has 0 saturated carbocycles. The molecule has 2 heterocycles. The minimum Gasteiger partial charge on any atom is -0.348 e. The number of amides is 1. The number of pyridine rings is 1. The lowest BCUT2D eigenvalue weighted by molar-refractivity contribution is 0.0951. The van der Waals surface area contributed by atoms with Crippen LogP contribution >= 0.6 is 23.2 Å². The molecule has 0 saturated heterocycles. The summed E-state index contributed by atoms with van der Waals surface area (Å²) in [5.41, 5.74) is 1.31. The summed E-state index contributed by atoms with van der Waals surface area (Å²) in [6, 6.07) is 8.48. The maximum atomic E-state index is 12.1. The molecule has 5 nitrogen and oxygen atoms in total. The monoisotopic (exact) mass is 346 g/mol. The number of nitrogens with zero attached hydrogens (tertiary/aromatic N) is 3. The largest absolute Gasteiger partial charge is 0.348 e. The minimum atomic E-state index is -0.243. The van der Waals surface area contributed by atoms with E-state index in [0.29, 0.717) is 22.2 Å². The average molecular weight is 347 g/mol. The highest BCUT2D eigenvalue weighted by Crippen LogP contribution is 2.19. The van der Waals surface area contributed by atoms with Crippen LogP contribution in [0.15, 0.2) is 55.2 Å². The molecule has 0 fully saturated rings. The van der Waals surface area contributed by atoms with Crippen molar-refractivity contribution in [2.45, 2.75) is 6.54 Å². The zero-order valence-corrected chi connectivity index (χ0v) is 13.4. The van der Waals surface area contributed by atoms with E-state index in [-0.39, 0.29) is 5.91 Å². The Balaban J connectivity index is 1.65. The molecule has 0 aliphatic carbocycles. The van der Waals surface area contributed by atoms with Gasteiger partial charge in [-0.3, -0.25) is 9.36 Å². The molecule has 1 amide bonds. The van der Waals surface area contributed by atoms with Crippen molar-refractivity contribution in [3.63, 3.8) is 0 Å². The van der Waals surface area contributed by atoms with Crippen LogP contribution in [-0.2, 0) is 6.54 Å². The third kappa shape index (κ3) is 3.88. The molecule has 0 aliphatic heterocycles. The van der Waals surface area contributed by atoms with E-state index in [1.165, 1.54) is 0 Å². The highest BCUT2D eigenvalue weighted by atomic mass is 35.5. The molecule has 3 aromatic rings. The van der Waals surface area contributed by atoms with Crippen LogP contribution in [0.5, 0.6) is 0 Å². The highest BCUT2D eigenvalue weighted by Gasteiger charge is 2.08. The van der Waals surface area contributed by atoms with Crippen molar-refractivity contribution in [2.24, 2.45) is 0 Å². The van der Waals surface area contributed by atoms with Crippen LogP contribution in [0.3, 0.4) is 0 Å². The van der Waals surface area contributed by atoms with Gasteiger partial charge in [0, 0.05) is 40.7 Å². The van der Waals surface area contributed by atoms with Crippen molar-refractivity contribution in [1.82, 2.24) is 19.9 Å². The fourth-order valence-electron chi connectivity index (χ4n) is 2.04. The van der Waals surface area contributed by atoms with Gasteiger partial charge in [-0.15, -0.1) is 0 Å². The molecule has 7 heteroatoms. The van der Waals surface area contributed by atoms with E-state index < -0.39 is 0 Å². The maximum Gasteiger partial charge on any atom is 0.251 e. The van der Waals surface area contributed by atoms with Crippen LogP contribution in [0, 0.1) is 0 Å². The Kier molecular flexibility index (Phi) is 4.60. The minimum absolute atomic E-state index is 0.243. The lowest BCUT2D eigenvalue weighted by Gasteiger charge is -2.07. The summed E-state index contributed by atoms with van der Waals surface area (Å²) >= 11 is 11.8. The molecule has 0 bridgehead atoms. The SMILES string of the molecule is O=C(NCc1ccc(-n2ccnc2)nc1)c1cc(Cl)cc(Cl)c1. The van der Waals surface area contributed by atoms with E-state index in [4.69, 9.17) is 23.2 Å². The molecular formula is C16H12Cl2N4O. The van der Waals surface area contributed by atoms with Gasteiger partial charge in [0.1, 0.15) is 12.1 Å². The van der Waals surface area contributed by atoms with Gasteiger partial charge in [0.2, 0.25) is 0 Å². The Morgan fingerprint density at radius 2 is 1.96 bits per heavy atom. The number of carbonyl (C=O) groups excluding carboxylic acids is 1. The van der Waals surface area contributed by atoms with Crippen LogP contribution in [0.1, 0.15) is 15.9 Å². The van der Waals surface area contributed by atoms with Crippen LogP contribution in [0.4, 0.5) is 0 Å². The number of aromatic nitrogens is 3. The van der Waals surface area contributed by atoms with E-state index in [1.807, 2.05) is 18.3 Å². The quantitative estimate of drug-likeness (QED) is 0.786. The summed E-state index contributed by atoms with van der Waals surface area (Å²) in [6.45, 7) is 0.361. The van der Waals surface area contributed by atoms with E-state index in [0.717, 1.165) is 11.4 Å². The molecule has 0 radical (unpaired) electrons. The van der Waals surface area contributed by atoms with Crippen LogP contribution in [0.2, 0.25) is 10.0 Å². The summed E-state index contributed by atoms with van der Waals surface area (Å²) in [7, 11) is 0. The summed E-state index contributed by atoms with van der Waals surface area (Å²) in [6.07, 6.45) is 6.88. The second-order valence-corrected chi connectivity index (χ2v) is 5.71. The van der Waals surface area contributed by atoms with E-state index >= 15 is 0 Å². The van der Waals surface area contributed by atoms with Gasteiger partial charge in [-0.25, -0.2) is 9.97 Å². The molecule has 23 heavy (non-hydrogen) atoms. The van der Waals surface area contributed by atoms with Gasteiger partial charge in [0.15, 0.2) is 0 Å². The first-order valence-corrected chi connectivity index (χ1v) is 7.55. The Morgan fingerprint density at radius 3 is 2.57 bits per heavy atom. The van der Waals surface area contributed by atoms with Gasteiger partial charge in [-0.05, 0) is 29.8 Å². The van der Waals surface area contributed by atoms with Crippen molar-refractivity contribution in [3.8, 4) is 5.82 Å². The fraction of sp³-hybridized carbons (Fsp3) is 0.0625. The van der Waals surface area contributed by atoms with Gasteiger partial charge in [0.05, 0.1) is 0 Å². The van der Waals surface area contributed by atoms with Crippen molar-refractivity contribution in [1.29, 1.82) is 0 Å². The second-order valence-electron chi connectivity index (χ2n) is 4.84.